The number of aromatic amines is 1. The molecule has 1 atom stereocenters. The number of carbonyl (C=O) groups is 2. The van der Waals surface area contributed by atoms with E-state index in [1.807, 2.05) is 30.3 Å². The number of carbonyl (C=O) groups excluding carboxylic acids is 2. The van der Waals surface area contributed by atoms with Gasteiger partial charge in [-0.05, 0) is 12.1 Å². The molecule has 6 heteroatoms. The van der Waals surface area contributed by atoms with Crippen LogP contribution >= 0.6 is 0 Å². The molecular weight excluding hydrogens is 256 g/mol. The number of rotatable bonds is 2. The van der Waals surface area contributed by atoms with Gasteiger partial charge < -0.3 is 20.9 Å². The summed E-state index contributed by atoms with van der Waals surface area (Å²) in [5.41, 5.74) is 6.76. The van der Waals surface area contributed by atoms with E-state index >= 15 is 0 Å². The molecule has 2 heterocycles. The van der Waals surface area contributed by atoms with Gasteiger partial charge in [0.1, 0.15) is 6.04 Å². The fourth-order valence-electron chi connectivity index (χ4n) is 2.59. The number of para-hydroxylation sites is 1. The van der Waals surface area contributed by atoms with Gasteiger partial charge in [0.2, 0.25) is 5.78 Å². The average Bonchev–Trinajstić information content (AvgIpc) is 2.90. The van der Waals surface area contributed by atoms with E-state index < -0.39 is 12.1 Å². The third kappa shape index (κ3) is 2.14. The second-order valence-corrected chi connectivity index (χ2v) is 4.89. The molecule has 0 spiro atoms. The highest BCUT2D eigenvalue weighted by atomic mass is 16.2. The Balaban J connectivity index is 1.92. The molecule has 6 nitrogen and oxygen atoms in total. The number of fused-ring (bicyclic) bond motifs is 1. The molecule has 1 saturated heterocycles. The average molecular weight is 272 g/mol. The van der Waals surface area contributed by atoms with Gasteiger partial charge in [0, 0.05) is 30.5 Å². The monoisotopic (exact) mass is 272 g/mol. The molecule has 1 unspecified atom stereocenters. The van der Waals surface area contributed by atoms with Crippen LogP contribution in [0.25, 0.3) is 10.9 Å². The van der Waals surface area contributed by atoms with Crippen molar-refractivity contribution in [3.05, 3.63) is 36.0 Å². The molecular formula is C14H16N4O2. The van der Waals surface area contributed by atoms with E-state index in [-0.39, 0.29) is 5.78 Å². The zero-order valence-electron chi connectivity index (χ0n) is 10.9. The highest BCUT2D eigenvalue weighted by molar-refractivity contribution is 6.04. The number of nitrogens with two attached hydrogens (primary N) is 1. The lowest BCUT2D eigenvalue weighted by Crippen LogP contribution is -2.58. The first-order valence-corrected chi connectivity index (χ1v) is 6.55. The molecule has 1 aliphatic heterocycles. The Morgan fingerprint density at radius 1 is 1.30 bits per heavy atom. The van der Waals surface area contributed by atoms with Gasteiger partial charge in [-0.1, -0.05) is 18.2 Å². The Labute approximate surface area is 115 Å². The van der Waals surface area contributed by atoms with Crippen molar-refractivity contribution in [1.82, 2.24) is 15.2 Å². The SMILES string of the molecule is NC(=O)N1CCNCC1C(=O)c1cc2ccccc2[nH]1. The number of hydrogen-bond donors (Lipinski definition) is 3. The zero-order valence-corrected chi connectivity index (χ0v) is 10.9. The Bertz CT molecular complexity index is 631. The maximum atomic E-state index is 12.6. The molecule has 0 aliphatic carbocycles. The van der Waals surface area contributed by atoms with E-state index in [2.05, 4.69) is 10.3 Å². The molecule has 1 aliphatic rings. The largest absolute Gasteiger partial charge is 0.352 e. The highest BCUT2D eigenvalue weighted by Crippen LogP contribution is 2.17. The highest BCUT2D eigenvalue weighted by Gasteiger charge is 2.32. The first kappa shape index (κ1) is 12.7. The number of urea groups is 1. The third-order valence-electron chi connectivity index (χ3n) is 3.62. The quantitative estimate of drug-likeness (QED) is 0.703. The molecule has 2 amide bonds. The zero-order chi connectivity index (χ0) is 14.1. The van der Waals surface area contributed by atoms with Crippen molar-refractivity contribution in [3.63, 3.8) is 0 Å². The van der Waals surface area contributed by atoms with Gasteiger partial charge in [-0.3, -0.25) is 4.79 Å². The summed E-state index contributed by atoms with van der Waals surface area (Å²) in [6.45, 7) is 1.53. The number of hydrogen-bond acceptors (Lipinski definition) is 3. The fourth-order valence-corrected chi connectivity index (χ4v) is 2.59. The van der Waals surface area contributed by atoms with Crippen molar-refractivity contribution in [2.24, 2.45) is 5.73 Å². The number of primary amides is 1. The summed E-state index contributed by atoms with van der Waals surface area (Å²) in [4.78, 5) is 28.5. The summed E-state index contributed by atoms with van der Waals surface area (Å²) in [7, 11) is 0. The number of H-pyrrole nitrogens is 1. The molecule has 3 rings (SSSR count). The van der Waals surface area contributed by atoms with Gasteiger partial charge in [-0.25, -0.2) is 4.79 Å². The van der Waals surface area contributed by atoms with Gasteiger partial charge in [0.25, 0.3) is 0 Å². The van der Waals surface area contributed by atoms with Gasteiger partial charge in [0.15, 0.2) is 0 Å². The first-order chi connectivity index (χ1) is 9.66. The van der Waals surface area contributed by atoms with E-state index in [1.54, 1.807) is 0 Å². The van der Waals surface area contributed by atoms with Crippen molar-refractivity contribution in [3.8, 4) is 0 Å². The number of Topliss-reactive ketones (excluding diaryl/α,β-unsaturated/α-hetero) is 1. The van der Waals surface area contributed by atoms with Crippen LogP contribution in [-0.2, 0) is 0 Å². The van der Waals surface area contributed by atoms with Crippen LogP contribution in [0.5, 0.6) is 0 Å². The minimum Gasteiger partial charge on any atom is -0.352 e. The Morgan fingerprint density at radius 3 is 2.85 bits per heavy atom. The van der Waals surface area contributed by atoms with E-state index in [9.17, 15) is 9.59 Å². The van der Waals surface area contributed by atoms with E-state index in [4.69, 9.17) is 5.73 Å². The Kier molecular flexibility index (Phi) is 3.15. The number of aromatic nitrogens is 1. The molecule has 104 valence electrons. The van der Waals surface area contributed by atoms with Crippen LogP contribution in [0.1, 0.15) is 10.5 Å². The van der Waals surface area contributed by atoms with Crippen LogP contribution in [0.3, 0.4) is 0 Å². The van der Waals surface area contributed by atoms with Crippen LogP contribution in [0.4, 0.5) is 4.79 Å². The van der Waals surface area contributed by atoms with Crippen molar-refractivity contribution >= 4 is 22.7 Å². The lowest BCUT2D eigenvalue weighted by atomic mass is 10.1. The molecule has 2 aromatic rings. The summed E-state index contributed by atoms with van der Waals surface area (Å²) < 4.78 is 0. The molecule has 4 N–H and O–H groups in total. The lowest BCUT2D eigenvalue weighted by molar-refractivity contribution is 0.0821. The number of piperazine rings is 1. The molecule has 1 aromatic heterocycles. The van der Waals surface area contributed by atoms with E-state index in [0.29, 0.717) is 25.3 Å². The molecule has 0 bridgehead atoms. The summed E-state index contributed by atoms with van der Waals surface area (Å²) in [6, 6.07) is 8.39. The van der Waals surface area contributed by atoms with Crippen molar-refractivity contribution < 1.29 is 9.59 Å². The maximum Gasteiger partial charge on any atom is 0.315 e. The predicted octanol–water partition coefficient (Wildman–Crippen LogP) is 0.703. The summed E-state index contributed by atoms with van der Waals surface area (Å²) in [5, 5.41) is 4.10. The van der Waals surface area contributed by atoms with Crippen LogP contribution in [0.2, 0.25) is 0 Å². The van der Waals surface area contributed by atoms with Crippen LogP contribution in [-0.4, -0.2) is 47.4 Å². The number of benzene rings is 1. The second-order valence-electron chi connectivity index (χ2n) is 4.89. The first-order valence-electron chi connectivity index (χ1n) is 6.55. The summed E-state index contributed by atoms with van der Waals surface area (Å²) >= 11 is 0. The second kappa shape index (κ2) is 4.97. The van der Waals surface area contributed by atoms with E-state index in [1.165, 1.54) is 4.90 Å². The summed E-state index contributed by atoms with van der Waals surface area (Å²) in [6.07, 6.45) is 0. The lowest BCUT2D eigenvalue weighted by Gasteiger charge is -2.33. The molecule has 0 saturated carbocycles. The van der Waals surface area contributed by atoms with Crippen molar-refractivity contribution in [2.75, 3.05) is 19.6 Å². The van der Waals surface area contributed by atoms with Crippen LogP contribution in [0, 0.1) is 0 Å². The van der Waals surface area contributed by atoms with E-state index in [0.717, 1.165) is 10.9 Å². The standard InChI is InChI=1S/C14H16N4O2/c15-14(20)18-6-5-16-8-12(18)13(19)11-7-9-3-1-2-4-10(9)17-11/h1-4,7,12,16-17H,5-6,8H2,(H2,15,20). The van der Waals surface area contributed by atoms with Crippen LogP contribution in [0.15, 0.2) is 30.3 Å². The minimum atomic E-state index is -0.555. The van der Waals surface area contributed by atoms with Gasteiger partial charge in [0.05, 0.1) is 5.69 Å². The predicted molar refractivity (Wildman–Crippen MR) is 75.6 cm³/mol. The third-order valence-corrected chi connectivity index (χ3v) is 3.62. The topological polar surface area (TPSA) is 91.2 Å². The number of nitrogens with one attached hydrogen (secondary N) is 2. The molecule has 0 radical (unpaired) electrons. The Morgan fingerprint density at radius 2 is 2.10 bits per heavy atom. The van der Waals surface area contributed by atoms with Gasteiger partial charge in [-0.15, -0.1) is 0 Å². The smallest absolute Gasteiger partial charge is 0.315 e. The van der Waals surface area contributed by atoms with Crippen LogP contribution < -0.4 is 11.1 Å². The van der Waals surface area contributed by atoms with Crippen molar-refractivity contribution in [1.29, 1.82) is 0 Å². The van der Waals surface area contributed by atoms with Gasteiger partial charge in [-0.2, -0.15) is 0 Å². The van der Waals surface area contributed by atoms with Crippen molar-refractivity contribution in [2.45, 2.75) is 6.04 Å². The molecule has 20 heavy (non-hydrogen) atoms. The Hall–Kier alpha value is -2.34. The van der Waals surface area contributed by atoms with Gasteiger partial charge >= 0.3 is 6.03 Å². The number of amides is 2. The normalized spacial score (nSPS) is 19.2. The number of nitrogens with zero attached hydrogens (tertiary/aromatic N) is 1. The molecule has 1 aromatic carbocycles. The summed E-state index contributed by atoms with van der Waals surface area (Å²) in [5.74, 6) is -0.118. The minimum absolute atomic E-state index is 0.118. The maximum absolute atomic E-state index is 12.6. The molecule has 1 fully saturated rings. The fraction of sp³-hybridized carbons (Fsp3) is 0.286. The number of ketones is 1.